The van der Waals surface area contributed by atoms with Crippen LogP contribution in [-0.2, 0) is 10.0 Å². The largest absolute Gasteiger partial charge is 0.243 e. The van der Waals surface area contributed by atoms with Crippen molar-refractivity contribution >= 4 is 33.2 Å². The molecule has 2 fully saturated rings. The number of benzene rings is 4. The highest BCUT2D eigenvalue weighted by Gasteiger charge is 2.53. The third-order valence-corrected chi connectivity index (χ3v) is 15.1. The molecule has 194 valence electrons. The van der Waals surface area contributed by atoms with Crippen LogP contribution >= 0.6 is 7.26 Å². The predicted molar refractivity (Wildman–Crippen MR) is 160 cm³/mol. The number of hydrogen-bond acceptors (Lipinski definition) is 2. The zero-order valence-electron chi connectivity index (χ0n) is 21.9. The lowest BCUT2D eigenvalue weighted by Crippen LogP contribution is -2.46. The molecule has 4 aromatic rings. The number of sulfonamides is 1. The summed E-state index contributed by atoms with van der Waals surface area (Å²) in [5, 5.41) is 4.07. The molecule has 5 heteroatoms. The number of aryl methyl sites for hydroxylation is 1. The minimum absolute atomic E-state index is 0.0376. The Bertz CT molecular complexity index is 1380. The third kappa shape index (κ3) is 4.43. The highest BCUT2D eigenvalue weighted by Crippen LogP contribution is 2.57. The molecule has 3 atom stereocenters. The number of piperidine rings is 1. The van der Waals surface area contributed by atoms with Gasteiger partial charge >= 0.3 is 0 Å². The van der Waals surface area contributed by atoms with Gasteiger partial charge in [0.15, 0.2) is 0 Å². The Morgan fingerprint density at radius 2 is 1.21 bits per heavy atom. The van der Waals surface area contributed by atoms with Gasteiger partial charge in [-0.25, -0.2) is 8.42 Å². The quantitative estimate of drug-likeness (QED) is 0.260. The zero-order chi connectivity index (χ0) is 26.2. The molecular weight excluding hydrogens is 505 g/mol. The van der Waals surface area contributed by atoms with Gasteiger partial charge in [0.25, 0.3) is 0 Å². The standard InChI is InChI=1S/C33H35NO2PS/c1-26-17-21-32(22-18-26)38(35,36)34-28-20-19-27(25-28)33(34)23-24-37(29-11-5-2-6-12-29,30-13-7-3-8-14-30)31-15-9-4-10-16-31/h2-18,21-22,27-28,33H,19-20,23-25H2,1H3/q+1/t27-,28+,33+/m1/s1. The highest BCUT2D eigenvalue weighted by atomic mass is 32.2. The summed E-state index contributed by atoms with van der Waals surface area (Å²) in [5.41, 5.74) is 1.08. The molecule has 0 aromatic heterocycles. The van der Waals surface area contributed by atoms with Gasteiger partial charge in [0.2, 0.25) is 10.0 Å². The molecule has 0 radical (unpaired) electrons. The van der Waals surface area contributed by atoms with Gasteiger partial charge in [0, 0.05) is 12.1 Å². The van der Waals surface area contributed by atoms with Crippen LogP contribution in [0.1, 0.15) is 31.2 Å². The molecule has 1 saturated heterocycles. The smallest absolute Gasteiger partial charge is 0.207 e. The molecule has 0 N–H and O–H groups in total. The van der Waals surface area contributed by atoms with Crippen LogP contribution in [0.5, 0.6) is 0 Å². The van der Waals surface area contributed by atoms with E-state index in [1.165, 1.54) is 15.9 Å². The average molecular weight is 541 g/mol. The molecule has 2 aliphatic rings. The van der Waals surface area contributed by atoms with E-state index in [4.69, 9.17) is 0 Å². The zero-order valence-corrected chi connectivity index (χ0v) is 23.6. The van der Waals surface area contributed by atoms with Crippen molar-refractivity contribution in [3.05, 3.63) is 121 Å². The Morgan fingerprint density at radius 3 is 1.71 bits per heavy atom. The van der Waals surface area contributed by atoms with Crippen molar-refractivity contribution < 1.29 is 8.42 Å². The molecule has 38 heavy (non-hydrogen) atoms. The molecular formula is C33H35NO2PS+. The second-order valence-electron chi connectivity index (χ2n) is 10.8. The van der Waals surface area contributed by atoms with E-state index in [-0.39, 0.29) is 12.1 Å². The van der Waals surface area contributed by atoms with Gasteiger partial charge in [-0.2, -0.15) is 4.31 Å². The maximum atomic E-state index is 14.0. The highest BCUT2D eigenvalue weighted by molar-refractivity contribution is 7.95. The van der Waals surface area contributed by atoms with E-state index in [1.807, 2.05) is 23.4 Å². The molecule has 2 bridgehead atoms. The summed E-state index contributed by atoms with van der Waals surface area (Å²) >= 11 is 0. The molecule has 6 rings (SSSR count). The van der Waals surface area contributed by atoms with Crippen molar-refractivity contribution in [2.75, 3.05) is 6.16 Å². The first kappa shape index (κ1) is 25.5. The Morgan fingerprint density at radius 1 is 0.711 bits per heavy atom. The van der Waals surface area contributed by atoms with Crippen molar-refractivity contribution in [2.24, 2.45) is 5.92 Å². The molecule has 1 aliphatic heterocycles. The van der Waals surface area contributed by atoms with Gasteiger partial charge in [-0.1, -0.05) is 72.3 Å². The van der Waals surface area contributed by atoms with Gasteiger partial charge < -0.3 is 0 Å². The topological polar surface area (TPSA) is 37.4 Å². The van der Waals surface area contributed by atoms with Crippen LogP contribution in [-0.4, -0.2) is 31.0 Å². The third-order valence-electron chi connectivity index (χ3n) is 8.62. The molecule has 1 aliphatic carbocycles. The van der Waals surface area contributed by atoms with E-state index in [1.54, 1.807) is 12.1 Å². The van der Waals surface area contributed by atoms with Crippen LogP contribution in [0.25, 0.3) is 0 Å². The summed E-state index contributed by atoms with van der Waals surface area (Å²) in [6, 6.07) is 40.3. The minimum Gasteiger partial charge on any atom is -0.207 e. The van der Waals surface area contributed by atoms with E-state index < -0.39 is 17.3 Å². The Labute approximate surface area is 227 Å². The van der Waals surface area contributed by atoms with E-state index in [2.05, 4.69) is 91.0 Å². The average Bonchev–Trinajstić information content (AvgIpc) is 3.58. The van der Waals surface area contributed by atoms with E-state index in [0.717, 1.165) is 37.4 Å². The summed E-state index contributed by atoms with van der Waals surface area (Å²) < 4.78 is 29.9. The summed E-state index contributed by atoms with van der Waals surface area (Å²) in [5.74, 6) is 0.435. The van der Waals surface area contributed by atoms with Gasteiger partial charge in [-0.3, -0.25) is 0 Å². The lowest BCUT2D eigenvalue weighted by atomic mass is 9.98. The predicted octanol–water partition coefficient (Wildman–Crippen LogP) is 5.92. The fourth-order valence-corrected chi connectivity index (χ4v) is 13.1. The summed E-state index contributed by atoms with van der Waals surface area (Å²) in [6.07, 6.45) is 4.89. The maximum absolute atomic E-state index is 14.0. The van der Waals surface area contributed by atoms with Crippen molar-refractivity contribution in [2.45, 2.75) is 49.6 Å². The van der Waals surface area contributed by atoms with E-state index in [9.17, 15) is 8.42 Å². The monoisotopic (exact) mass is 540 g/mol. The normalized spacial score (nSPS) is 21.6. The van der Waals surface area contributed by atoms with Crippen LogP contribution in [0.4, 0.5) is 0 Å². The summed E-state index contributed by atoms with van der Waals surface area (Å²) in [7, 11) is -5.56. The van der Waals surface area contributed by atoms with Gasteiger partial charge in [-0.15, -0.1) is 0 Å². The molecule has 1 saturated carbocycles. The first-order valence-corrected chi connectivity index (χ1v) is 17.1. The molecule has 3 nitrogen and oxygen atoms in total. The number of nitrogens with zero attached hydrogens (tertiary/aromatic N) is 1. The molecule has 0 spiro atoms. The van der Waals surface area contributed by atoms with Crippen LogP contribution in [0.2, 0.25) is 0 Å². The van der Waals surface area contributed by atoms with Crippen LogP contribution in [0, 0.1) is 12.8 Å². The first-order valence-electron chi connectivity index (χ1n) is 13.7. The summed E-state index contributed by atoms with van der Waals surface area (Å²) in [6.45, 7) is 2.00. The molecule has 0 amide bonds. The van der Waals surface area contributed by atoms with Crippen LogP contribution < -0.4 is 15.9 Å². The minimum atomic E-state index is -3.55. The first-order chi connectivity index (χ1) is 18.5. The van der Waals surface area contributed by atoms with Gasteiger partial charge in [0.1, 0.15) is 23.2 Å². The Hall–Kier alpha value is -2.78. The van der Waals surface area contributed by atoms with Crippen molar-refractivity contribution in [3.8, 4) is 0 Å². The molecule has 4 aromatic carbocycles. The molecule has 0 unspecified atom stereocenters. The summed E-state index contributed by atoms with van der Waals surface area (Å²) in [4.78, 5) is 0.427. The second kappa shape index (κ2) is 10.4. The van der Waals surface area contributed by atoms with Crippen LogP contribution in [0.3, 0.4) is 0 Å². The lowest BCUT2D eigenvalue weighted by Gasteiger charge is -2.36. The number of fused-ring (bicyclic) bond motifs is 2. The van der Waals surface area contributed by atoms with Crippen molar-refractivity contribution in [1.82, 2.24) is 4.31 Å². The maximum Gasteiger partial charge on any atom is 0.243 e. The van der Waals surface area contributed by atoms with Gasteiger partial charge in [0.05, 0.1) is 11.1 Å². The van der Waals surface area contributed by atoms with Crippen molar-refractivity contribution in [3.63, 3.8) is 0 Å². The lowest BCUT2D eigenvalue weighted by molar-refractivity contribution is 0.238. The Kier molecular flexibility index (Phi) is 6.99. The SMILES string of the molecule is Cc1ccc(S(=O)(=O)N2[C@H]3CC[C@H](C3)[C@@H]2CC[P+](c2ccccc2)(c2ccccc2)c2ccccc2)cc1. The van der Waals surface area contributed by atoms with E-state index in [0.29, 0.717) is 10.8 Å². The number of rotatable bonds is 8. The van der Waals surface area contributed by atoms with E-state index >= 15 is 0 Å². The second-order valence-corrected chi connectivity index (χ2v) is 16.2. The number of hydrogen-bond donors (Lipinski definition) is 0. The fourth-order valence-electron chi connectivity index (χ4n) is 6.83. The van der Waals surface area contributed by atoms with Gasteiger partial charge in [-0.05, 0) is 87.1 Å². The Balaban J connectivity index is 1.42. The van der Waals surface area contributed by atoms with Crippen LogP contribution in [0.15, 0.2) is 120 Å². The fraction of sp³-hybridized carbons (Fsp3) is 0.273. The van der Waals surface area contributed by atoms with Crippen molar-refractivity contribution in [1.29, 1.82) is 0 Å². The molecule has 1 heterocycles.